The zero-order valence-corrected chi connectivity index (χ0v) is 21.1. The minimum atomic E-state index is -4.47. The van der Waals surface area contributed by atoms with E-state index < -0.39 is 16.7 Å². The number of nitro groups is 1. The summed E-state index contributed by atoms with van der Waals surface area (Å²) in [4.78, 5) is 24.0. The standard InChI is InChI=1S/C29H23F3N6O2/c30-29(31,32)21-7-4-8-24(17-21)37-18-25(20-5-2-1-3-6-20)26-27(33-19-34-28(26)37)36-15-13-35(14-16-36)22-9-11-23(12-10-22)38(39)40/h1-12,17-19H,13-16H2. The second-order valence-electron chi connectivity index (χ2n) is 9.47. The van der Waals surface area contributed by atoms with Gasteiger partial charge >= 0.3 is 6.18 Å². The van der Waals surface area contributed by atoms with E-state index in [0.717, 1.165) is 34.3 Å². The number of halogens is 3. The summed E-state index contributed by atoms with van der Waals surface area (Å²) in [5.74, 6) is 0.706. The summed E-state index contributed by atoms with van der Waals surface area (Å²) in [7, 11) is 0. The van der Waals surface area contributed by atoms with E-state index in [9.17, 15) is 23.3 Å². The Balaban J connectivity index is 1.39. The Labute approximate surface area is 227 Å². The van der Waals surface area contributed by atoms with Gasteiger partial charge in [0.2, 0.25) is 0 Å². The van der Waals surface area contributed by atoms with Crippen molar-refractivity contribution in [2.24, 2.45) is 0 Å². The van der Waals surface area contributed by atoms with E-state index in [4.69, 9.17) is 0 Å². The van der Waals surface area contributed by atoms with Gasteiger partial charge in [0, 0.05) is 61.4 Å². The maximum Gasteiger partial charge on any atom is 0.416 e. The molecule has 0 bridgehead atoms. The zero-order valence-electron chi connectivity index (χ0n) is 21.1. The van der Waals surface area contributed by atoms with Crippen molar-refractivity contribution in [2.45, 2.75) is 6.18 Å². The van der Waals surface area contributed by atoms with E-state index >= 15 is 0 Å². The quantitative estimate of drug-likeness (QED) is 0.190. The highest BCUT2D eigenvalue weighted by molar-refractivity contribution is 6.02. The fraction of sp³-hybridized carbons (Fsp3) is 0.172. The number of rotatable bonds is 5. The van der Waals surface area contributed by atoms with Crippen LogP contribution in [0.25, 0.3) is 27.8 Å². The fourth-order valence-corrected chi connectivity index (χ4v) is 5.11. The van der Waals surface area contributed by atoms with Gasteiger partial charge in [-0.1, -0.05) is 36.4 Å². The Morgan fingerprint density at radius 3 is 2.17 bits per heavy atom. The van der Waals surface area contributed by atoms with Crippen LogP contribution < -0.4 is 9.80 Å². The first-order valence-electron chi connectivity index (χ1n) is 12.6. The molecule has 0 unspecified atom stereocenters. The summed E-state index contributed by atoms with van der Waals surface area (Å²) >= 11 is 0. The number of aromatic nitrogens is 3. The molecule has 11 heteroatoms. The van der Waals surface area contributed by atoms with Crippen molar-refractivity contribution in [2.75, 3.05) is 36.0 Å². The molecule has 3 heterocycles. The fourth-order valence-electron chi connectivity index (χ4n) is 5.11. The van der Waals surface area contributed by atoms with Crippen LogP contribution in [0.4, 0.5) is 30.4 Å². The maximum atomic E-state index is 13.5. The Hall–Kier alpha value is -4.93. The number of hydrogen-bond donors (Lipinski definition) is 0. The molecular weight excluding hydrogens is 521 g/mol. The Morgan fingerprint density at radius 1 is 0.800 bits per heavy atom. The lowest BCUT2D eigenvalue weighted by molar-refractivity contribution is -0.384. The molecule has 1 aliphatic heterocycles. The number of benzene rings is 3. The molecular formula is C29H23F3N6O2. The Kier molecular flexibility index (Phi) is 6.33. The molecule has 0 atom stereocenters. The topological polar surface area (TPSA) is 80.3 Å². The van der Waals surface area contributed by atoms with Gasteiger partial charge in [0.15, 0.2) is 5.65 Å². The van der Waals surface area contributed by atoms with Crippen molar-refractivity contribution in [1.29, 1.82) is 0 Å². The lowest BCUT2D eigenvalue weighted by Crippen LogP contribution is -2.46. The maximum absolute atomic E-state index is 13.5. The second-order valence-corrected chi connectivity index (χ2v) is 9.47. The smallest absolute Gasteiger partial charge is 0.368 e. The molecule has 202 valence electrons. The Bertz CT molecular complexity index is 1680. The van der Waals surface area contributed by atoms with Crippen LogP contribution in [0.5, 0.6) is 0 Å². The molecule has 5 aromatic rings. The van der Waals surface area contributed by atoms with Gasteiger partial charge in [0.25, 0.3) is 5.69 Å². The van der Waals surface area contributed by atoms with Gasteiger partial charge in [-0.2, -0.15) is 13.2 Å². The molecule has 0 amide bonds. The second kappa shape index (κ2) is 9.99. The van der Waals surface area contributed by atoms with E-state index in [1.165, 1.54) is 24.5 Å². The Morgan fingerprint density at radius 2 is 1.50 bits per heavy atom. The average Bonchev–Trinajstić information content (AvgIpc) is 3.37. The van der Waals surface area contributed by atoms with Gasteiger partial charge in [0.1, 0.15) is 12.1 Å². The average molecular weight is 545 g/mol. The highest BCUT2D eigenvalue weighted by atomic mass is 19.4. The molecule has 1 saturated heterocycles. The largest absolute Gasteiger partial charge is 0.416 e. The van der Waals surface area contributed by atoms with Crippen molar-refractivity contribution < 1.29 is 18.1 Å². The molecule has 8 nitrogen and oxygen atoms in total. The minimum absolute atomic E-state index is 0.0458. The van der Waals surface area contributed by atoms with Crippen molar-refractivity contribution in [3.8, 4) is 16.8 Å². The predicted octanol–water partition coefficient (Wildman–Crippen LogP) is 6.34. The van der Waals surface area contributed by atoms with E-state index in [-0.39, 0.29) is 5.69 Å². The summed E-state index contributed by atoms with van der Waals surface area (Å²) in [6, 6.07) is 21.3. The monoisotopic (exact) mass is 544 g/mol. The number of non-ortho nitro benzene ring substituents is 1. The van der Waals surface area contributed by atoms with Crippen LogP contribution in [0.15, 0.2) is 91.4 Å². The van der Waals surface area contributed by atoms with Crippen LogP contribution in [0.1, 0.15) is 5.56 Å². The highest BCUT2D eigenvalue weighted by Gasteiger charge is 2.31. The molecule has 0 N–H and O–H groups in total. The molecule has 0 aliphatic carbocycles. The molecule has 6 rings (SSSR count). The highest BCUT2D eigenvalue weighted by Crippen LogP contribution is 2.38. The van der Waals surface area contributed by atoms with Crippen LogP contribution in [0.3, 0.4) is 0 Å². The van der Waals surface area contributed by atoms with Crippen molar-refractivity contribution in [1.82, 2.24) is 14.5 Å². The van der Waals surface area contributed by atoms with Gasteiger partial charge in [0.05, 0.1) is 15.9 Å². The van der Waals surface area contributed by atoms with Crippen molar-refractivity contribution in [3.63, 3.8) is 0 Å². The number of alkyl halides is 3. The van der Waals surface area contributed by atoms with E-state index in [2.05, 4.69) is 19.8 Å². The molecule has 3 aromatic carbocycles. The zero-order chi connectivity index (χ0) is 27.9. The first kappa shape index (κ1) is 25.4. The number of nitrogens with zero attached hydrogens (tertiary/aromatic N) is 6. The van der Waals surface area contributed by atoms with E-state index in [1.54, 1.807) is 22.8 Å². The van der Waals surface area contributed by atoms with Gasteiger partial charge in [-0.15, -0.1) is 0 Å². The van der Waals surface area contributed by atoms with E-state index in [1.807, 2.05) is 36.5 Å². The molecule has 1 fully saturated rings. The normalized spacial score (nSPS) is 14.1. The molecule has 0 radical (unpaired) electrons. The van der Waals surface area contributed by atoms with Gasteiger partial charge in [-0.3, -0.25) is 10.1 Å². The summed E-state index contributed by atoms with van der Waals surface area (Å²) in [6.07, 6.45) is -1.20. The van der Waals surface area contributed by atoms with Crippen LogP contribution in [0.2, 0.25) is 0 Å². The minimum Gasteiger partial charge on any atom is -0.368 e. The first-order chi connectivity index (χ1) is 19.3. The molecule has 1 aliphatic rings. The molecule has 0 saturated carbocycles. The van der Waals surface area contributed by atoms with Crippen LogP contribution in [-0.4, -0.2) is 45.6 Å². The molecule has 2 aromatic heterocycles. The van der Waals surface area contributed by atoms with Crippen LogP contribution >= 0.6 is 0 Å². The molecule has 40 heavy (non-hydrogen) atoms. The lowest BCUT2D eigenvalue weighted by Gasteiger charge is -2.37. The number of hydrogen-bond acceptors (Lipinski definition) is 6. The lowest BCUT2D eigenvalue weighted by atomic mass is 10.1. The third-order valence-electron chi connectivity index (χ3n) is 7.10. The summed E-state index contributed by atoms with van der Waals surface area (Å²) in [6.45, 7) is 2.59. The third kappa shape index (κ3) is 4.70. The van der Waals surface area contributed by atoms with Crippen LogP contribution in [-0.2, 0) is 6.18 Å². The molecule has 0 spiro atoms. The predicted molar refractivity (Wildman–Crippen MR) is 147 cm³/mol. The number of nitro benzene ring substituents is 1. The van der Waals surface area contributed by atoms with Crippen molar-refractivity contribution in [3.05, 3.63) is 107 Å². The summed E-state index contributed by atoms with van der Waals surface area (Å²) in [5, 5.41) is 11.8. The number of anilines is 2. The van der Waals surface area contributed by atoms with Gasteiger partial charge in [-0.05, 0) is 35.9 Å². The summed E-state index contributed by atoms with van der Waals surface area (Å²) in [5.41, 5.74) is 2.81. The van der Waals surface area contributed by atoms with Crippen LogP contribution in [0, 0.1) is 10.1 Å². The van der Waals surface area contributed by atoms with Gasteiger partial charge < -0.3 is 14.4 Å². The number of fused-ring (bicyclic) bond motifs is 1. The van der Waals surface area contributed by atoms with Gasteiger partial charge in [-0.25, -0.2) is 9.97 Å². The van der Waals surface area contributed by atoms with Crippen molar-refractivity contribution >= 4 is 28.2 Å². The number of piperazine rings is 1. The first-order valence-corrected chi connectivity index (χ1v) is 12.6. The van der Waals surface area contributed by atoms with E-state index in [0.29, 0.717) is 43.3 Å². The SMILES string of the molecule is O=[N+]([O-])c1ccc(N2CCN(c3ncnc4c3c(-c3ccccc3)cn4-c3cccc(C(F)(F)F)c3)CC2)cc1. The summed E-state index contributed by atoms with van der Waals surface area (Å²) < 4.78 is 42.2. The third-order valence-corrected chi connectivity index (χ3v) is 7.10.